The van der Waals surface area contributed by atoms with E-state index in [0.29, 0.717) is 17.0 Å². The van der Waals surface area contributed by atoms with Crippen molar-refractivity contribution in [2.24, 2.45) is 0 Å². The number of nitrogens with zero attached hydrogens (tertiary/aromatic N) is 2. The number of hydrogen-bond acceptors (Lipinski definition) is 7. The highest BCUT2D eigenvalue weighted by atomic mass is 16.6. The van der Waals surface area contributed by atoms with E-state index in [9.17, 15) is 19.7 Å². The van der Waals surface area contributed by atoms with Gasteiger partial charge in [-0.3, -0.25) is 19.9 Å². The number of Topliss-reactive ketones (excluding diaryl/α,β-unsaturated/α-hetero) is 1. The van der Waals surface area contributed by atoms with Gasteiger partial charge in [0.15, 0.2) is 5.78 Å². The van der Waals surface area contributed by atoms with Crippen molar-refractivity contribution in [3.05, 3.63) is 56.9 Å². The van der Waals surface area contributed by atoms with Crippen molar-refractivity contribution in [3.8, 4) is 11.1 Å². The van der Waals surface area contributed by atoms with Crippen molar-refractivity contribution in [1.29, 1.82) is 0 Å². The van der Waals surface area contributed by atoms with Gasteiger partial charge in [-0.15, -0.1) is 0 Å². The number of ether oxygens (including phenoxy) is 1. The third-order valence-electron chi connectivity index (χ3n) is 3.79. The molecule has 0 spiro atoms. The number of pyridine rings is 1. The first-order valence-corrected chi connectivity index (χ1v) is 7.82. The van der Waals surface area contributed by atoms with Crippen molar-refractivity contribution in [2.75, 3.05) is 13.2 Å². The first-order chi connectivity index (χ1) is 12.3. The summed E-state index contributed by atoms with van der Waals surface area (Å²) in [6.45, 7) is 4.00. The minimum Gasteiger partial charge on any atom is -0.460 e. The molecular formula is C18H18N2O6. The molecule has 1 N–H and O–H groups in total. The van der Waals surface area contributed by atoms with Gasteiger partial charge in [0.1, 0.15) is 6.61 Å². The zero-order chi connectivity index (χ0) is 19.4. The predicted octanol–water partition coefficient (Wildman–Crippen LogP) is 2.63. The van der Waals surface area contributed by atoms with Crippen LogP contribution >= 0.6 is 0 Å². The zero-order valence-corrected chi connectivity index (χ0v) is 14.6. The Balaban J connectivity index is 2.83. The number of aliphatic hydroxyl groups is 1. The van der Waals surface area contributed by atoms with E-state index < -0.39 is 10.9 Å². The van der Waals surface area contributed by atoms with E-state index in [1.165, 1.54) is 25.1 Å². The highest BCUT2D eigenvalue weighted by Crippen LogP contribution is 2.33. The number of carbonyl (C=O) groups is 2. The first kappa shape index (κ1) is 19.2. The standard InChI is InChI=1S/C18H18N2O6/c1-10-15(12(3)22)17(13-5-4-6-14(9-13)20(24)25)16(11(2)19-10)18(23)26-8-7-21/h4-6,9,21H,7-8H2,1-3H3. The number of rotatable bonds is 6. The lowest BCUT2D eigenvalue weighted by Gasteiger charge is -2.17. The fourth-order valence-electron chi connectivity index (χ4n) is 2.80. The second kappa shape index (κ2) is 7.83. The number of hydrogen-bond donors (Lipinski definition) is 1. The van der Waals surface area contributed by atoms with Crippen LogP contribution in [0.2, 0.25) is 0 Å². The van der Waals surface area contributed by atoms with Crippen LogP contribution in [-0.2, 0) is 4.74 Å². The molecule has 0 saturated heterocycles. The fourth-order valence-corrected chi connectivity index (χ4v) is 2.80. The molecule has 0 atom stereocenters. The first-order valence-electron chi connectivity index (χ1n) is 7.82. The van der Waals surface area contributed by atoms with E-state index in [-0.39, 0.29) is 41.4 Å². The molecule has 1 heterocycles. The quantitative estimate of drug-likeness (QED) is 0.365. The molecule has 2 rings (SSSR count). The molecule has 26 heavy (non-hydrogen) atoms. The summed E-state index contributed by atoms with van der Waals surface area (Å²) >= 11 is 0. The predicted molar refractivity (Wildman–Crippen MR) is 93.2 cm³/mol. The fraction of sp³-hybridized carbons (Fsp3) is 0.278. The molecule has 0 aliphatic heterocycles. The van der Waals surface area contributed by atoms with Crippen LogP contribution in [0.3, 0.4) is 0 Å². The smallest absolute Gasteiger partial charge is 0.340 e. The number of carbonyl (C=O) groups excluding carboxylic acids is 2. The Morgan fingerprint density at radius 1 is 1.23 bits per heavy atom. The van der Waals surface area contributed by atoms with E-state index in [0.717, 1.165) is 0 Å². The van der Waals surface area contributed by atoms with Crippen LogP contribution in [0.5, 0.6) is 0 Å². The maximum atomic E-state index is 12.5. The van der Waals surface area contributed by atoms with E-state index >= 15 is 0 Å². The van der Waals surface area contributed by atoms with Crippen molar-refractivity contribution in [3.63, 3.8) is 0 Å². The van der Waals surface area contributed by atoms with Gasteiger partial charge in [-0.05, 0) is 26.3 Å². The van der Waals surface area contributed by atoms with Crippen molar-refractivity contribution in [2.45, 2.75) is 20.8 Å². The van der Waals surface area contributed by atoms with Gasteiger partial charge in [0.05, 0.1) is 22.8 Å². The molecule has 0 radical (unpaired) electrons. The van der Waals surface area contributed by atoms with Gasteiger partial charge in [-0.25, -0.2) is 4.79 Å². The minimum absolute atomic E-state index is 0.0507. The maximum Gasteiger partial charge on any atom is 0.340 e. The Kier molecular flexibility index (Phi) is 5.78. The van der Waals surface area contributed by atoms with Gasteiger partial charge in [-0.2, -0.15) is 0 Å². The number of esters is 1. The van der Waals surface area contributed by atoms with Crippen LogP contribution in [-0.4, -0.2) is 40.0 Å². The summed E-state index contributed by atoms with van der Waals surface area (Å²) in [5, 5.41) is 20.0. The van der Waals surface area contributed by atoms with Gasteiger partial charge < -0.3 is 9.84 Å². The Morgan fingerprint density at radius 2 is 1.88 bits per heavy atom. The van der Waals surface area contributed by atoms with Gasteiger partial charge in [0.2, 0.25) is 0 Å². The Bertz CT molecular complexity index is 891. The molecule has 0 aliphatic rings. The van der Waals surface area contributed by atoms with Crippen LogP contribution in [0.15, 0.2) is 24.3 Å². The van der Waals surface area contributed by atoms with Gasteiger partial charge in [0, 0.05) is 29.0 Å². The summed E-state index contributed by atoms with van der Waals surface area (Å²) in [6.07, 6.45) is 0. The average Bonchev–Trinajstić information content (AvgIpc) is 2.58. The average molecular weight is 358 g/mol. The van der Waals surface area contributed by atoms with E-state index in [1.807, 2.05) is 0 Å². The molecule has 1 aromatic heterocycles. The van der Waals surface area contributed by atoms with Crippen molar-refractivity contribution in [1.82, 2.24) is 4.98 Å². The summed E-state index contributed by atoms with van der Waals surface area (Å²) in [7, 11) is 0. The van der Waals surface area contributed by atoms with Crippen LogP contribution in [0, 0.1) is 24.0 Å². The number of non-ortho nitro benzene ring substituents is 1. The molecule has 0 fully saturated rings. The number of aromatic nitrogens is 1. The number of benzene rings is 1. The lowest BCUT2D eigenvalue weighted by molar-refractivity contribution is -0.384. The molecule has 0 aliphatic carbocycles. The second-order valence-electron chi connectivity index (χ2n) is 5.63. The molecule has 1 aromatic carbocycles. The second-order valence-corrected chi connectivity index (χ2v) is 5.63. The minimum atomic E-state index is -0.756. The molecule has 136 valence electrons. The molecule has 0 saturated carbocycles. The monoisotopic (exact) mass is 358 g/mol. The lowest BCUT2D eigenvalue weighted by Crippen LogP contribution is -2.16. The molecule has 0 bridgehead atoms. The Labute approximate surface area is 149 Å². The molecular weight excluding hydrogens is 340 g/mol. The topological polar surface area (TPSA) is 120 Å². The maximum absolute atomic E-state index is 12.5. The number of aryl methyl sites for hydroxylation is 2. The summed E-state index contributed by atoms with van der Waals surface area (Å²) < 4.78 is 5.00. The Morgan fingerprint density at radius 3 is 2.46 bits per heavy atom. The van der Waals surface area contributed by atoms with Crippen LogP contribution in [0.1, 0.15) is 39.0 Å². The molecule has 8 heteroatoms. The Hall–Kier alpha value is -3.13. The SMILES string of the molecule is CC(=O)c1c(C)nc(C)c(C(=O)OCCO)c1-c1cccc([N+](=O)[O-])c1. The van der Waals surface area contributed by atoms with Crippen LogP contribution in [0.25, 0.3) is 11.1 Å². The lowest BCUT2D eigenvalue weighted by atomic mass is 9.90. The number of ketones is 1. The number of nitro groups is 1. The summed E-state index contributed by atoms with van der Waals surface area (Å²) in [6, 6.07) is 5.67. The van der Waals surface area contributed by atoms with E-state index in [4.69, 9.17) is 9.84 Å². The molecule has 0 unspecified atom stereocenters. The molecule has 2 aromatic rings. The van der Waals surface area contributed by atoms with E-state index in [1.54, 1.807) is 19.9 Å². The summed E-state index contributed by atoms with van der Waals surface area (Å²) in [5.74, 6) is -1.08. The van der Waals surface area contributed by atoms with Crippen molar-refractivity contribution < 1.29 is 24.4 Å². The summed E-state index contributed by atoms with van der Waals surface area (Å²) in [5.41, 5.74) is 1.41. The van der Waals surface area contributed by atoms with Gasteiger partial charge >= 0.3 is 5.97 Å². The molecule has 0 amide bonds. The van der Waals surface area contributed by atoms with Crippen LogP contribution in [0.4, 0.5) is 5.69 Å². The third kappa shape index (κ3) is 3.75. The largest absolute Gasteiger partial charge is 0.460 e. The molecule has 8 nitrogen and oxygen atoms in total. The van der Waals surface area contributed by atoms with E-state index in [2.05, 4.69) is 4.98 Å². The van der Waals surface area contributed by atoms with Crippen molar-refractivity contribution >= 4 is 17.4 Å². The third-order valence-corrected chi connectivity index (χ3v) is 3.79. The number of nitro benzene ring substituents is 1. The highest BCUT2D eigenvalue weighted by Gasteiger charge is 2.26. The number of aliphatic hydroxyl groups excluding tert-OH is 1. The zero-order valence-electron chi connectivity index (χ0n) is 14.6. The van der Waals surface area contributed by atoms with Gasteiger partial charge in [-0.1, -0.05) is 12.1 Å². The van der Waals surface area contributed by atoms with Crippen LogP contribution < -0.4 is 0 Å². The normalized spacial score (nSPS) is 10.5. The van der Waals surface area contributed by atoms with Gasteiger partial charge in [0.25, 0.3) is 5.69 Å². The summed E-state index contributed by atoms with van der Waals surface area (Å²) in [4.78, 5) is 39.5. The highest BCUT2D eigenvalue weighted by molar-refractivity contribution is 6.08.